The summed E-state index contributed by atoms with van der Waals surface area (Å²) in [6, 6.07) is 0.565. The highest BCUT2D eigenvalue weighted by atomic mass is 16.5. The lowest BCUT2D eigenvalue weighted by atomic mass is 9.96. The van der Waals surface area contributed by atoms with Gasteiger partial charge in [0.15, 0.2) is 0 Å². The Balaban J connectivity index is 2.19. The maximum atomic E-state index is 12.4. The molecular formula is C15H25N3O2. The Morgan fingerprint density at radius 1 is 1.65 bits per heavy atom. The van der Waals surface area contributed by atoms with Crippen molar-refractivity contribution < 1.29 is 9.53 Å². The van der Waals surface area contributed by atoms with E-state index in [9.17, 15) is 4.79 Å². The second-order valence-corrected chi connectivity index (χ2v) is 5.88. The maximum Gasteiger partial charge on any atom is 0.326 e. The van der Waals surface area contributed by atoms with E-state index in [-0.39, 0.29) is 12.0 Å². The van der Waals surface area contributed by atoms with Gasteiger partial charge in [-0.3, -0.25) is 10.1 Å². The summed E-state index contributed by atoms with van der Waals surface area (Å²) in [6.45, 7) is 8.41. The van der Waals surface area contributed by atoms with Crippen LogP contribution >= 0.6 is 0 Å². The molecule has 0 saturated heterocycles. The topological polar surface area (TPSA) is 56.1 Å². The molecule has 2 unspecified atom stereocenters. The summed E-state index contributed by atoms with van der Waals surface area (Å²) < 4.78 is 7.47. The third kappa shape index (κ3) is 2.87. The molecule has 1 fully saturated rings. The van der Waals surface area contributed by atoms with E-state index in [1.54, 1.807) is 0 Å². The highest BCUT2D eigenvalue weighted by Gasteiger charge is 2.47. The molecule has 1 heterocycles. The van der Waals surface area contributed by atoms with Crippen molar-refractivity contribution in [1.29, 1.82) is 0 Å². The number of carbonyl (C=O) groups is 1. The molecule has 0 amide bonds. The molecule has 0 bridgehead atoms. The fraction of sp³-hybridized carbons (Fsp3) is 0.733. The van der Waals surface area contributed by atoms with Gasteiger partial charge < -0.3 is 9.30 Å². The first-order chi connectivity index (χ1) is 9.48. The summed E-state index contributed by atoms with van der Waals surface area (Å²) in [7, 11) is 0. The average molecular weight is 279 g/mol. The molecule has 5 nitrogen and oxygen atoms in total. The lowest BCUT2D eigenvalue weighted by Crippen LogP contribution is -2.53. The molecule has 1 saturated carbocycles. The van der Waals surface area contributed by atoms with Crippen molar-refractivity contribution in [2.75, 3.05) is 6.61 Å². The third-order valence-corrected chi connectivity index (χ3v) is 3.98. The molecule has 112 valence electrons. The summed E-state index contributed by atoms with van der Waals surface area (Å²) in [5.74, 6) is 0.883. The van der Waals surface area contributed by atoms with Crippen molar-refractivity contribution in [2.24, 2.45) is 0 Å². The summed E-state index contributed by atoms with van der Waals surface area (Å²) in [4.78, 5) is 16.7. The third-order valence-electron chi connectivity index (χ3n) is 3.98. The quantitative estimate of drug-likeness (QED) is 0.840. The van der Waals surface area contributed by atoms with Crippen molar-refractivity contribution in [3.63, 3.8) is 0 Å². The predicted octanol–water partition coefficient (Wildman–Crippen LogP) is 2.22. The summed E-state index contributed by atoms with van der Waals surface area (Å²) in [6.07, 6.45) is 6.36. The molecule has 2 rings (SSSR count). The number of nitrogens with one attached hydrogen (secondary N) is 1. The second kappa shape index (κ2) is 5.95. The van der Waals surface area contributed by atoms with Crippen LogP contribution in [0.2, 0.25) is 0 Å². The molecule has 5 heteroatoms. The Morgan fingerprint density at radius 3 is 2.95 bits per heavy atom. The van der Waals surface area contributed by atoms with Crippen molar-refractivity contribution in [2.45, 2.75) is 64.6 Å². The zero-order valence-electron chi connectivity index (χ0n) is 12.8. The highest BCUT2D eigenvalue weighted by Crippen LogP contribution is 2.39. The van der Waals surface area contributed by atoms with Gasteiger partial charge in [-0.25, -0.2) is 4.98 Å². The van der Waals surface area contributed by atoms with Crippen molar-refractivity contribution in [3.8, 4) is 0 Å². The largest absolute Gasteiger partial charge is 0.465 e. The van der Waals surface area contributed by atoms with E-state index in [2.05, 4.69) is 28.7 Å². The maximum absolute atomic E-state index is 12.4. The Kier molecular flexibility index (Phi) is 4.48. The molecule has 1 aromatic heterocycles. The Hall–Kier alpha value is -1.36. The van der Waals surface area contributed by atoms with Gasteiger partial charge in [0.05, 0.1) is 6.61 Å². The molecule has 0 radical (unpaired) electrons. The molecule has 1 N–H and O–H groups in total. The number of rotatable bonds is 5. The molecule has 0 aliphatic heterocycles. The van der Waals surface area contributed by atoms with Gasteiger partial charge in [-0.2, -0.15) is 0 Å². The number of imidazole rings is 1. The standard InChI is InChI=1S/C15H25N3O2/c1-5-20-14(19)15(17-11(2)3)7-6-13(10-15)18-9-8-16-12(18)4/h8-9,11,13,17H,5-7,10H2,1-4H3. The van der Waals surface area contributed by atoms with E-state index in [0.717, 1.165) is 25.1 Å². The van der Waals surface area contributed by atoms with E-state index in [1.165, 1.54) is 0 Å². The number of hydrogen-bond donors (Lipinski definition) is 1. The average Bonchev–Trinajstić information content (AvgIpc) is 2.96. The van der Waals surface area contributed by atoms with Crippen LogP contribution in [-0.4, -0.2) is 33.7 Å². The molecule has 0 spiro atoms. The molecule has 1 aliphatic rings. The predicted molar refractivity (Wildman–Crippen MR) is 77.5 cm³/mol. The van der Waals surface area contributed by atoms with E-state index in [4.69, 9.17) is 4.74 Å². The van der Waals surface area contributed by atoms with Crippen LogP contribution in [0.1, 0.15) is 51.9 Å². The Morgan fingerprint density at radius 2 is 2.40 bits per heavy atom. The summed E-state index contributed by atoms with van der Waals surface area (Å²) in [5.41, 5.74) is -0.550. The van der Waals surface area contributed by atoms with Crippen LogP contribution < -0.4 is 5.32 Å². The van der Waals surface area contributed by atoms with Crippen LogP contribution in [0, 0.1) is 6.92 Å². The van der Waals surface area contributed by atoms with Gasteiger partial charge >= 0.3 is 5.97 Å². The fourth-order valence-corrected chi connectivity index (χ4v) is 3.23. The number of nitrogens with zero attached hydrogens (tertiary/aromatic N) is 2. The molecular weight excluding hydrogens is 254 g/mol. The van der Waals surface area contributed by atoms with Crippen molar-refractivity contribution in [1.82, 2.24) is 14.9 Å². The van der Waals surface area contributed by atoms with Gasteiger partial charge in [0, 0.05) is 24.5 Å². The summed E-state index contributed by atoms with van der Waals surface area (Å²) in [5, 5.41) is 3.44. The molecule has 20 heavy (non-hydrogen) atoms. The van der Waals surface area contributed by atoms with Crippen molar-refractivity contribution in [3.05, 3.63) is 18.2 Å². The number of hydrogen-bond acceptors (Lipinski definition) is 4. The SMILES string of the molecule is CCOC(=O)C1(NC(C)C)CCC(n2ccnc2C)C1. The van der Waals surface area contributed by atoms with Gasteiger partial charge in [0.1, 0.15) is 11.4 Å². The van der Waals surface area contributed by atoms with E-state index in [1.807, 2.05) is 26.2 Å². The molecule has 1 aromatic rings. The zero-order chi connectivity index (χ0) is 14.8. The van der Waals surface area contributed by atoms with Gasteiger partial charge in [-0.05, 0) is 47.0 Å². The normalized spacial score (nSPS) is 26.1. The molecule has 2 atom stereocenters. The minimum atomic E-state index is -0.550. The van der Waals surface area contributed by atoms with Crippen LogP contribution in [0.4, 0.5) is 0 Å². The van der Waals surface area contributed by atoms with Crippen LogP contribution in [0.5, 0.6) is 0 Å². The van der Waals surface area contributed by atoms with E-state index in [0.29, 0.717) is 12.6 Å². The van der Waals surface area contributed by atoms with Gasteiger partial charge in [0.25, 0.3) is 0 Å². The minimum Gasteiger partial charge on any atom is -0.465 e. The first-order valence-electron chi connectivity index (χ1n) is 7.43. The Bertz CT molecular complexity index is 469. The first kappa shape index (κ1) is 15.0. The lowest BCUT2D eigenvalue weighted by molar-refractivity contribution is -0.151. The second-order valence-electron chi connectivity index (χ2n) is 5.88. The number of aromatic nitrogens is 2. The number of carbonyl (C=O) groups excluding carboxylic acids is 1. The summed E-state index contributed by atoms with van der Waals surface area (Å²) >= 11 is 0. The van der Waals surface area contributed by atoms with E-state index < -0.39 is 5.54 Å². The Labute approximate surface area is 120 Å². The monoisotopic (exact) mass is 279 g/mol. The first-order valence-corrected chi connectivity index (χ1v) is 7.43. The van der Waals surface area contributed by atoms with Crippen molar-refractivity contribution >= 4 is 5.97 Å². The smallest absolute Gasteiger partial charge is 0.326 e. The zero-order valence-corrected chi connectivity index (χ0v) is 12.8. The fourth-order valence-electron chi connectivity index (χ4n) is 3.23. The van der Waals surface area contributed by atoms with Crippen LogP contribution in [0.15, 0.2) is 12.4 Å². The van der Waals surface area contributed by atoms with E-state index >= 15 is 0 Å². The van der Waals surface area contributed by atoms with Crippen LogP contribution in [0.3, 0.4) is 0 Å². The lowest BCUT2D eigenvalue weighted by Gasteiger charge is -2.30. The minimum absolute atomic E-state index is 0.117. The van der Waals surface area contributed by atoms with Gasteiger partial charge in [0.2, 0.25) is 0 Å². The number of ether oxygens (including phenoxy) is 1. The van der Waals surface area contributed by atoms with Gasteiger partial charge in [-0.15, -0.1) is 0 Å². The molecule has 0 aromatic carbocycles. The van der Waals surface area contributed by atoms with Crippen LogP contribution in [-0.2, 0) is 9.53 Å². The number of esters is 1. The van der Waals surface area contributed by atoms with Gasteiger partial charge in [-0.1, -0.05) is 0 Å². The molecule has 1 aliphatic carbocycles. The van der Waals surface area contributed by atoms with Crippen LogP contribution in [0.25, 0.3) is 0 Å². The highest BCUT2D eigenvalue weighted by molar-refractivity contribution is 5.81. The number of aryl methyl sites for hydroxylation is 1.